The fourth-order valence-electron chi connectivity index (χ4n) is 1.96. The van der Waals surface area contributed by atoms with Crippen molar-refractivity contribution in [2.45, 2.75) is 12.1 Å². The Morgan fingerprint density at radius 3 is 2.56 bits per heavy atom. The highest BCUT2D eigenvalue weighted by molar-refractivity contribution is 5.75. The lowest BCUT2D eigenvalue weighted by molar-refractivity contribution is -0.511. The van der Waals surface area contributed by atoms with Gasteiger partial charge in [0.25, 0.3) is 0 Å². The summed E-state index contributed by atoms with van der Waals surface area (Å²) >= 11 is 0. The van der Waals surface area contributed by atoms with E-state index in [0.717, 1.165) is 11.1 Å². The lowest BCUT2D eigenvalue weighted by atomic mass is 9.94. The molecule has 4 nitrogen and oxygen atoms in total. The van der Waals surface area contributed by atoms with Gasteiger partial charge < -0.3 is 5.32 Å². The van der Waals surface area contributed by atoms with E-state index >= 15 is 0 Å². The van der Waals surface area contributed by atoms with Gasteiger partial charge in [0, 0.05) is 4.92 Å². The fraction of sp³-hybridized carbons (Fsp3) is 0.231. The molecule has 2 unspecified atom stereocenters. The molecule has 1 aliphatic carbocycles. The van der Waals surface area contributed by atoms with Crippen LogP contribution in [0.1, 0.15) is 5.56 Å². The van der Waals surface area contributed by atoms with Crippen molar-refractivity contribution in [1.29, 1.82) is 0 Å². The van der Waals surface area contributed by atoms with E-state index < -0.39 is 6.04 Å². The summed E-state index contributed by atoms with van der Waals surface area (Å²) in [5, 5.41) is 13.8. The number of rotatable bonds is 3. The average molecular weight is 248 g/mol. The number of nitrogens with one attached hydrogen (secondary N) is 1. The van der Waals surface area contributed by atoms with E-state index in [-0.39, 0.29) is 16.8 Å². The van der Waals surface area contributed by atoms with Crippen LogP contribution < -0.4 is 5.32 Å². The molecule has 1 aliphatic rings. The van der Waals surface area contributed by atoms with Crippen molar-refractivity contribution in [2.75, 3.05) is 7.05 Å². The normalized spacial score (nSPS) is 22.7. The molecule has 0 aliphatic heterocycles. The molecule has 94 valence electrons. The molecule has 0 saturated carbocycles. The maximum absolute atomic E-state index is 12.8. The Bertz CT molecular complexity index is 508. The van der Waals surface area contributed by atoms with Gasteiger partial charge in [-0.1, -0.05) is 24.3 Å². The maximum atomic E-state index is 12.8. The topological polar surface area (TPSA) is 55.2 Å². The first-order chi connectivity index (χ1) is 8.61. The van der Waals surface area contributed by atoms with Crippen LogP contribution in [0.5, 0.6) is 0 Å². The lowest BCUT2D eigenvalue weighted by Crippen LogP contribution is -2.41. The predicted molar refractivity (Wildman–Crippen MR) is 67.1 cm³/mol. The van der Waals surface area contributed by atoms with Crippen LogP contribution in [-0.4, -0.2) is 24.1 Å². The van der Waals surface area contributed by atoms with Gasteiger partial charge in [0.05, 0.1) is 6.04 Å². The molecular weight excluding hydrogens is 235 g/mol. The van der Waals surface area contributed by atoms with Gasteiger partial charge in [0.2, 0.25) is 6.04 Å². The highest BCUT2D eigenvalue weighted by Gasteiger charge is 2.28. The second-order valence-corrected chi connectivity index (χ2v) is 4.08. The Morgan fingerprint density at radius 2 is 2.00 bits per heavy atom. The summed E-state index contributed by atoms with van der Waals surface area (Å²) in [7, 11) is 1.68. The highest BCUT2D eigenvalue weighted by Crippen LogP contribution is 2.22. The van der Waals surface area contributed by atoms with E-state index in [0.29, 0.717) is 0 Å². The van der Waals surface area contributed by atoms with Crippen molar-refractivity contribution in [3.8, 4) is 0 Å². The van der Waals surface area contributed by atoms with Crippen molar-refractivity contribution >= 4 is 5.57 Å². The van der Waals surface area contributed by atoms with Gasteiger partial charge in [0.1, 0.15) is 5.82 Å². The number of benzene rings is 1. The molecule has 1 N–H and O–H groups in total. The number of likely N-dealkylation sites (N-methyl/N-ethyl adjacent to an activating group) is 1. The zero-order valence-electron chi connectivity index (χ0n) is 9.84. The van der Waals surface area contributed by atoms with Crippen molar-refractivity contribution in [1.82, 2.24) is 5.32 Å². The predicted octanol–water partition coefficient (Wildman–Crippen LogP) is 2.01. The Kier molecular flexibility index (Phi) is 3.53. The van der Waals surface area contributed by atoms with E-state index in [2.05, 4.69) is 5.32 Å². The molecule has 1 aromatic rings. The summed E-state index contributed by atoms with van der Waals surface area (Å²) in [6.07, 6.45) is 5.05. The van der Waals surface area contributed by atoms with Gasteiger partial charge in [-0.05, 0) is 36.4 Å². The van der Waals surface area contributed by atoms with Gasteiger partial charge in [-0.3, -0.25) is 10.1 Å². The maximum Gasteiger partial charge on any atom is 0.250 e. The van der Waals surface area contributed by atoms with Gasteiger partial charge >= 0.3 is 0 Å². The standard InChI is InChI=1S/C13H13FN2O2/c1-15-12-8-10(4-7-13(12)16(17)18)9-2-5-11(14)6-3-9/h2-8,12-13,15H,1H3. The van der Waals surface area contributed by atoms with Crippen LogP contribution in [0, 0.1) is 15.9 Å². The van der Waals surface area contributed by atoms with Crippen molar-refractivity contribution in [3.05, 3.63) is 64.0 Å². The van der Waals surface area contributed by atoms with Gasteiger partial charge in [-0.2, -0.15) is 0 Å². The number of hydrogen-bond donors (Lipinski definition) is 1. The van der Waals surface area contributed by atoms with Crippen molar-refractivity contribution in [3.63, 3.8) is 0 Å². The SMILES string of the molecule is CNC1C=C(c2ccc(F)cc2)C=CC1[N+](=O)[O-]. The average Bonchev–Trinajstić information content (AvgIpc) is 2.38. The molecule has 0 fully saturated rings. The summed E-state index contributed by atoms with van der Waals surface area (Å²) in [4.78, 5) is 10.5. The molecule has 2 atom stereocenters. The first-order valence-electron chi connectivity index (χ1n) is 5.58. The van der Waals surface area contributed by atoms with E-state index in [9.17, 15) is 14.5 Å². The molecule has 0 radical (unpaired) electrons. The molecule has 0 aromatic heterocycles. The second kappa shape index (κ2) is 5.10. The summed E-state index contributed by atoms with van der Waals surface area (Å²) < 4.78 is 12.8. The third kappa shape index (κ3) is 2.46. The highest BCUT2D eigenvalue weighted by atomic mass is 19.1. The minimum Gasteiger partial charge on any atom is -0.308 e. The zero-order chi connectivity index (χ0) is 13.1. The Balaban J connectivity index is 2.28. The van der Waals surface area contributed by atoms with Crippen LogP contribution >= 0.6 is 0 Å². The largest absolute Gasteiger partial charge is 0.308 e. The van der Waals surface area contributed by atoms with Crippen LogP contribution in [0.3, 0.4) is 0 Å². The first-order valence-corrected chi connectivity index (χ1v) is 5.58. The minimum atomic E-state index is -0.765. The molecule has 1 aromatic carbocycles. The summed E-state index contributed by atoms with van der Waals surface area (Å²) in [5.74, 6) is -0.299. The Hall–Kier alpha value is -2.01. The molecule has 18 heavy (non-hydrogen) atoms. The fourth-order valence-corrected chi connectivity index (χ4v) is 1.96. The monoisotopic (exact) mass is 248 g/mol. The number of hydrogen-bond acceptors (Lipinski definition) is 3. The molecule has 0 saturated heterocycles. The van der Waals surface area contributed by atoms with E-state index in [1.807, 2.05) is 0 Å². The van der Waals surface area contributed by atoms with E-state index in [1.165, 1.54) is 12.1 Å². The summed E-state index contributed by atoms with van der Waals surface area (Å²) in [6.45, 7) is 0. The quantitative estimate of drug-likeness (QED) is 0.657. The molecule has 0 heterocycles. The molecule has 0 spiro atoms. The van der Waals surface area contributed by atoms with Crippen molar-refractivity contribution in [2.24, 2.45) is 0 Å². The van der Waals surface area contributed by atoms with Crippen LogP contribution in [0.25, 0.3) is 5.57 Å². The van der Waals surface area contributed by atoms with Crippen LogP contribution in [0.15, 0.2) is 42.5 Å². The third-order valence-electron chi connectivity index (χ3n) is 2.95. The molecule has 2 rings (SSSR count). The summed E-state index contributed by atoms with van der Waals surface area (Å²) in [6, 6.07) is 4.94. The molecule has 5 heteroatoms. The molecule has 0 amide bonds. The van der Waals surface area contributed by atoms with Crippen LogP contribution in [0.2, 0.25) is 0 Å². The number of nitro groups is 1. The van der Waals surface area contributed by atoms with Gasteiger partial charge in [-0.25, -0.2) is 4.39 Å². The van der Waals surface area contributed by atoms with Crippen LogP contribution in [0.4, 0.5) is 4.39 Å². The van der Waals surface area contributed by atoms with Gasteiger partial charge in [0.15, 0.2) is 0 Å². The Labute approximate surface area is 104 Å². The second-order valence-electron chi connectivity index (χ2n) is 4.08. The smallest absolute Gasteiger partial charge is 0.250 e. The minimum absolute atomic E-state index is 0.299. The molecule has 0 bridgehead atoms. The third-order valence-corrected chi connectivity index (χ3v) is 2.95. The Morgan fingerprint density at radius 1 is 1.33 bits per heavy atom. The first kappa shape index (κ1) is 12.4. The summed E-state index contributed by atoms with van der Waals surface area (Å²) in [5.41, 5.74) is 1.70. The zero-order valence-corrected chi connectivity index (χ0v) is 9.84. The number of allylic oxidation sites excluding steroid dienone is 2. The lowest BCUT2D eigenvalue weighted by Gasteiger charge is -2.19. The van der Waals surface area contributed by atoms with Crippen molar-refractivity contribution < 1.29 is 9.31 Å². The van der Waals surface area contributed by atoms with Crippen LogP contribution in [-0.2, 0) is 0 Å². The van der Waals surface area contributed by atoms with E-state index in [1.54, 1.807) is 37.4 Å². The number of nitrogens with zero attached hydrogens (tertiary/aromatic N) is 1. The number of halogens is 1. The molecular formula is C13H13FN2O2. The van der Waals surface area contributed by atoms with E-state index in [4.69, 9.17) is 0 Å². The van der Waals surface area contributed by atoms with Gasteiger partial charge in [-0.15, -0.1) is 0 Å².